The Labute approximate surface area is 435 Å². The van der Waals surface area contributed by atoms with Crippen molar-refractivity contribution in [2.75, 3.05) is 25.6 Å². The number of carbonyl (C=O) groups is 3. The highest BCUT2D eigenvalue weighted by Gasteiger charge is 2.68. The molecule has 4 fully saturated rings. The van der Waals surface area contributed by atoms with Gasteiger partial charge in [-0.05, 0) is 152 Å². The third kappa shape index (κ3) is 9.66. The number of ketones is 1. The lowest BCUT2D eigenvalue weighted by atomic mass is 9.40. The van der Waals surface area contributed by atoms with Crippen molar-refractivity contribution in [3.8, 4) is 23.3 Å². The molecule has 0 spiro atoms. The Balaban J connectivity index is 1.13. The topological polar surface area (TPSA) is 192 Å². The van der Waals surface area contributed by atoms with Gasteiger partial charge in [0.1, 0.15) is 29.0 Å². The summed E-state index contributed by atoms with van der Waals surface area (Å²) in [6, 6.07) is 15.4. The normalized spacial score (nSPS) is 33.4. The molecule has 0 saturated heterocycles. The van der Waals surface area contributed by atoms with Gasteiger partial charge < -0.3 is 45.1 Å². The number of nitrogens with one attached hydrogen (secondary N) is 1. The SMILES string of the molecule is COCCC(C)(O)CNc1cc(CO)cc(C2C#CC3CC(=O)Oc4c3cc(c(O)c4C3CCCCC3)CC3OC(=O)C(=CC(O)Cc4cccc(c4)CC4C(=O)CC5CCC6C7C=CCCC7C3(O)C5C46)C2)c1. The Morgan fingerprint density at radius 1 is 0.905 bits per heavy atom. The van der Waals surface area contributed by atoms with Crippen molar-refractivity contribution in [1.29, 1.82) is 0 Å². The molecule has 3 aromatic carbocycles. The van der Waals surface area contributed by atoms with Gasteiger partial charge in [-0.2, -0.15) is 0 Å². The zero-order valence-electron chi connectivity index (χ0n) is 42.9. The number of benzene rings is 3. The van der Waals surface area contributed by atoms with Crippen LogP contribution in [-0.2, 0) is 49.7 Å². The van der Waals surface area contributed by atoms with E-state index in [1.807, 2.05) is 30.3 Å². The lowest BCUT2D eigenvalue weighted by molar-refractivity contribution is -0.256. The molecule has 0 radical (unpaired) electrons. The van der Waals surface area contributed by atoms with E-state index in [-0.39, 0.29) is 103 Å². The summed E-state index contributed by atoms with van der Waals surface area (Å²) in [5.41, 5.74) is 2.77. The number of hydrogen-bond acceptors (Lipinski definition) is 12. The summed E-state index contributed by atoms with van der Waals surface area (Å²) in [5.74, 6) is 3.48. The molecule has 13 unspecified atom stereocenters. The number of anilines is 1. The number of allylic oxidation sites excluding steroid dienone is 2. The molecule has 6 N–H and O–H groups in total. The quantitative estimate of drug-likeness (QED) is 0.0520. The van der Waals surface area contributed by atoms with E-state index in [4.69, 9.17) is 14.2 Å². The summed E-state index contributed by atoms with van der Waals surface area (Å²) in [7, 11) is 1.58. The minimum absolute atomic E-state index is 0.0153. The molecular weight excluding hydrogens is 935 g/mol. The zero-order valence-corrected chi connectivity index (χ0v) is 42.9. The van der Waals surface area contributed by atoms with Crippen LogP contribution in [0.4, 0.5) is 5.69 Å². The molecule has 0 amide bonds. The molecule has 3 heterocycles. The first-order valence-electron chi connectivity index (χ1n) is 27.6. The highest BCUT2D eigenvalue weighted by molar-refractivity contribution is 5.89. The fourth-order valence-electron chi connectivity index (χ4n) is 15.4. The van der Waals surface area contributed by atoms with E-state index in [0.717, 1.165) is 62.5 Å². The molecule has 0 aromatic heterocycles. The van der Waals surface area contributed by atoms with Gasteiger partial charge in [0, 0.05) is 80.2 Å². The minimum atomic E-state index is -1.64. The molecule has 12 bridgehead atoms. The van der Waals surface area contributed by atoms with Crippen LogP contribution in [0.1, 0.15) is 147 Å². The molecule has 5 aliphatic carbocycles. The lowest BCUT2D eigenvalue weighted by Crippen LogP contribution is -2.71. The monoisotopic (exact) mass is 1010 g/mol. The predicted octanol–water partition coefficient (Wildman–Crippen LogP) is 8.43. The maximum atomic E-state index is 15.8. The van der Waals surface area contributed by atoms with Crippen LogP contribution in [0.2, 0.25) is 0 Å². The van der Waals surface area contributed by atoms with Crippen LogP contribution in [0, 0.1) is 53.3 Å². The summed E-state index contributed by atoms with van der Waals surface area (Å²) < 4.78 is 18.5. The number of phenolic OH excluding ortho intramolecular Hbond substituents is 1. The van der Waals surface area contributed by atoms with Crippen molar-refractivity contribution < 1.29 is 54.1 Å². The molecular formula is C62H73NO11. The number of rotatable bonds is 9. The van der Waals surface area contributed by atoms with E-state index in [1.54, 1.807) is 26.2 Å². The fourth-order valence-corrected chi connectivity index (χ4v) is 15.4. The number of esters is 2. The standard InChI is InChI=1S/C62H73NO11/c1-61(70,19-20-72-2)34-63-45-23-37(33-64)22-42(27-45)39-15-16-40-32-54(67)74-59-49(40)29-43(58(68)55(59)38-11-4-3-5-12-38)31-53-62(71)51-14-7-6-13-47(51)48-18-17-41-30-52(66)50(56(48)57(41)62)25-36-10-8-9-35(21-36)24-46(65)28-44(26-39)60(69)73-53/h6,8-10,13,21-23,27-29,38-41,46-48,50-51,53,56-57,63-65,68,70-71H,3-5,7,11-12,14,17-20,24-26,30-34H2,1-2H3. The van der Waals surface area contributed by atoms with Crippen LogP contribution in [0.3, 0.4) is 0 Å². The molecule has 4 saturated carbocycles. The minimum Gasteiger partial charge on any atom is -0.507 e. The van der Waals surface area contributed by atoms with Gasteiger partial charge in [0.25, 0.3) is 0 Å². The molecule has 12 nitrogen and oxygen atoms in total. The van der Waals surface area contributed by atoms with Crippen molar-refractivity contribution in [3.63, 3.8) is 0 Å². The van der Waals surface area contributed by atoms with Crippen LogP contribution in [0.15, 0.2) is 72.3 Å². The molecule has 392 valence electrons. The smallest absolute Gasteiger partial charge is 0.334 e. The number of phenols is 1. The van der Waals surface area contributed by atoms with Crippen molar-refractivity contribution in [3.05, 3.63) is 111 Å². The highest BCUT2D eigenvalue weighted by atomic mass is 16.6. The molecule has 13 atom stereocenters. The van der Waals surface area contributed by atoms with Crippen molar-refractivity contribution >= 4 is 23.4 Å². The molecule has 74 heavy (non-hydrogen) atoms. The van der Waals surface area contributed by atoms with Crippen LogP contribution in [0.25, 0.3) is 0 Å². The summed E-state index contributed by atoms with van der Waals surface area (Å²) in [6.45, 7) is 1.95. The fraction of sp³-hybridized carbons (Fsp3) is 0.565. The Hall–Kier alpha value is -5.29. The van der Waals surface area contributed by atoms with Gasteiger partial charge in [0.15, 0.2) is 0 Å². The highest BCUT2D eigenvalue weighted by Crippen LogP contribution is 2.65. The van der Waals surface area contributed by atoms with Crippen molar-refractivity contribution in [2.45, 2.75) is 157 Å². The summed E-state index contributed by atoms with van der Waals surface area (Å²) in [4.78, 5) is 44.3. The molecule has 8 aliphatic rings. The van der Waals surface area contributed by atoms with E-state index >= 15 is 4.79 Å². The van der Waals surface area contributed by atoms with Gasteiger partial charge in [0.05, 0.1) is 30.7 Å². The third-order valence-corrected chi connectivity index (χ3v) is 18.8. The van der Waals surface area contributed by atoms with Crippen LogP contribution < -0.4 is 10.1 Å². The summed E-state index contributed by atoms with van der Waals surface area (Å²) >= 11 is 0. The zero-order chi connectivity index (χ0) is 51.5. The van der Waals surface area contributed by atoms with Gasteiger partial charge in [-0.15, -0.1) is 0 Å². The average molecular weight is 1010 g/mol. The number of carbonyl (C=O) groups excluding carboxylic acids is 3. The Kier molecular flexibility index (Phi) is 14.2. The van der Waals surface area contributed by atoms with Gasteiger partial charge >= 0.3 is 11.9 Å². The van der Waals surface area contributed by atoms with E-state index in [2.05, 4.69) is 41.4 Å². The molecule has 3 aromatic rings. The number of Topliss-reactive ketones (excluding diaryl/α,β-unsaturated/α-hetero) is 1. The largest absolute Gasteiger partial charge is 0.507 e. The first kappa shape index (κ1) is 50.8. The molecule has 3 aliphatic heterocycles. The second kappa shape index (κ2) is 20.7. The first-order chi connectivity index (χ1) is 35.7. The number of aliphatic hydroxyl groups is 4. The number of fused-ring (bicyclic) bond motifs is 10. The van der Waals surface area contributed by atoms with Gasteiger partial charge in [-0.25, -0.2) is 4.79 Å². The van der Waals surface area contributed by atoms with Gasteiger partial charge in [0.2, 0.25) is 0 Å². The van der Waals surface area contributed by atoms with E-state index in [1.165, 1.54) is 0 Å². The second-order valence-corrected chi connectivity index (χ2v) is 23.6. The van der Waals surface area contributed by atoms with E-state index in [9.17, 15) is 35.1 Å². The average Bonchev–Trinajstić information content (AvgIpc) is 3.40. The van der Waals surface area contributed by atoms with Crippen LogP contribution in [-0.4, -0.2) is 86.9 Å². The number of hydrogen-bond donors (Lipinski definition) is 6. The van der Waals surface area contributed by atoms with Crippen molar-refractivity contribution in [2.24, 2.45) is 41.4 Å². The van der Waals surface area contributed by atoms with Crippen LogP contribution in [0.5, 0.6) is 11.5 Å². The number of methoxy groups -OCH3 is 1. The Morgan fingerprint density at radius 2 is 1.70 bits per heavy atom. The van der Waals surface area contributed by atoms with Gasteiger partial charge in [-0.1, -0.05) is 73.6 Å². The first-order valence-corrected chi connectivity index (χ1v) is 27.6. The van der Waals surface area contributed by atoms with E-state index in [0.29, 0.717) is 71.5 Å². The number of ether oxygens (including phenoxy) is 3. The van der Waals surface area contributed by atoms with E-state index < -0.39 is 47.2 Å². The maximum absolute atomic E-state index is 15.8. The Bertz CT molecular complexity index is 2800. The Morgan fingerprint density at radius 3 is 2.50 bits per heavy atom. The number of aromatic hydroxyl groups is 1. The summed E-state index contributed by atoms with van der Waals surface area (Å²) in [6.07, 6.45) is 12.6. The lowest BCUT2D eigenvalue weighted by Gasteiger charge is -2.66. The second-order valence-electron chi connectivity index (χ2n) is 23.6. The molecule has 11 rings (SSSR count). The third-order valence-electron chi connectivity index (χ3n) is 18.8. The van der Waals surface area contributed by atoms with Gasteiger partial charge in [-0.3, -0.25) is 9.59 Å². The predicted molar refractivity (Wildman–Crippen MR) is 278 cm³/mol. The summed E-state index contributed by atoms with van der Waals surface area (Å²) in [5, 5.41) is 64.8. The number of aliphatic hydroxyl groups excluding tert-OH is 2. The van der Waals surface area contributed by atoms with Crippen molar-refractivity contribution in [1.82, 2.24) is 0 Å². The maximum Gasteiger partial charge on any atom is 0.334 e. The molecule has 12 heteroatoms. The van der Waals surface area contributed by atoms with Crippen LogP contribution >= 0.6 is 0 Å².